The number of carbonyl (C=O) groups is 5. The first-order chi connectivity index (χ1) is 49.9. The summed E-state index contributed by atoms with van der Waals surface area (Å²) in [5.41, 5.74) is 0.113. The lowest BCUT2D eigenvalue weighted by Gasteiger charge is -2.72. The highest BCUT2D eigenvalue weighted by molar-refractivity contribution is 7.99. The number of likely N-dealkylation sites (tertiary alicyclic amines) is 3. The first kappa shape index (κ1) is 78.6. The van der Waals surface area contributed by atoms with E-state index in [1.54, 1.807) is 33.9 Å². The standard InChI is InChI=1S/C77H97F5N10O10S4/c1-49(51-17-19-52(20-18-51)66-50(2)83-48-104-66)84-69(97)62-35-57(93)39-92(62)70(98)67(72(3,4)5)86-64(94)15-11-12-16-65(95)91-46-74(47-91)44-89(45-74)30-28-55(40-103-58-13-9-8-10-14-58)85-61-26-25-59(36-63(61)105(99,100)77(80,81)82)106(101,102)87-68(96)53-21-23-56(24-22-53)90-33-31-88(32-34-90)38-54-27-29-73(6,7)37-60(54)75-41-76(42-75,43-75)71(78)79/h8-10,13-14,17-26,36,48-49,55,57,62,67,71,85,93H,11-12,15-16,27-35,37-47H2,1-7H3,(H,84,97)(H,86,94)(H,87,96)/t49-,55?,57+,62-,67?,75?,76?/m0/s1. The highest BCUT2D eigenvalue weighted by Crippen LogP contribution is 2.79. The molecule has 1 aromatic heterocycles. The number of alkyl halides is 5. The van der Waals surface area contributed by atoms with Crippen molar-refractivity contribution in [3.63, 3.8) is 0 Å². The quantitative estimate of drug-likeness (QED) is 0.0135. The van der Waals surface area contributed by atoms with Crippen molar-refractivity contribution in [2.75, 3.05) is 88.0 Å². The normalized spacial score (nSPS) is 23.2. The van der Waals surface area contributed by atoms with E-state index in [4.69, 9.17) is 0 Å². The summed E-state index contributed by atoms with van der Waals surface area (Å²) >= 11 is 2.94. The molecule has 29 heteroatoms. The number of aliphatic hydroxyl groups excluding tert-OH is 1. The third-order valence-electron chi connectivity index (χ3n) is 22.7. The number of hydrogen-bond acceptors (Lipinski definition) is 17. The van der Waals surface area contributed by atoms with Crippen LogP contribution in [0.5, 0.6) is 0 Å². The second kappa shape index (κ2) is 30.8. The molecule has 4 saturated heterocycles. The number of sulfonamides is 1. The van der Waals surface area contributed by atoms with Gasteiger partial charge in [-0.05, 0) is 154 Å². The SMILES string of the molecule is Cc1ncsc1-c1ccc([C@H](C)NC(=O)[C@@H]2C[C@@H](O)CN2C(=O)C(NC(=O)CCCCC(=O)N2CC3(CN(CCC(CSc4ccccc4)Nc4ccc(S(=O)(=O)NC(=O)c5ccc(N6CCN(CC7=C(C89CC(C(F)F)(C8)C9)CC(C)(C)CC7)CC6)cc5)cc4S(=O)(=O)C(F)(F)F)C3)C2)C(C)(C)C)cc1. The van der Waals surface area contributed by atoms with Crippen molar-refractivity contribution in [2.45, 2.75) is 182 Å². The molecule has 20 nitrogen and oxygen atoms in total. The lowest BCUT2D eigenvalue weighted by atomic mass is 9.32. The topological polar surface area (TPSA) is 251 Å². The van der Waals surface area contributed by atoms with E-state index in [2.05, 4.69) is 49.5 Å². The average Bonchev–Trinajstić information content (AvgIpc) is 0.681. The zero-order valence-corrected chi connectivity index (χ0v) is 64.3. The van der Waals surface area contributed by atoms with Gasteiger partial charge < -0.3 is 40.7 Å². The molecule has 2 bridgehead atoms. The number of aryl methyl sites for hydroxylation is 1. The second-order valence-electron chi connectivity index (χ2n) is 32.6. The Labute approximate surface area is 626 Å². The number of β-amino-alcohol motifs (C(OH)–C–C–N with tert-alkyl or cyclic N) is 1. The Hall–Kier alpha value is -7.02. The second-order valence-corrected chi connectivity index (χ2v) is 38.1. The van der Waals surface area contributed by atoms with E-state index in [1.165, 1.54) is 39.9 Å². The number of nitrogens with one attached hydrogen (secondary N) is 4. The van der Waals surface area contributed by atoms with Crippen molar-refractivity contribution in [3.8, 4) is 10.4 Å². The summed E-state index contributed by atoms with van der Waals surface area (Å²) in [4.78, 5) is 82.5. The number of hydrogen-bond donors (Lipinski definition) is 5. The van der Waals surface area contributed by atoms with Crippen molar-refractivity contribution in [1.29, 1.82) is 0 Å². The fraction of sp³-hybridized carbons (Fsp3) is 0.558. The van der Waals surface area contributed by atoms with Crippen LogP contribution in [0.1, 0.15) is 146 Å². The minimum absolute atomic E-state index is 0.0398. The number of carbonyl (C=O) groups excluding carboxylic acids is 5. The molecule has 5 aromatic rings. The van der Waals surface area contributed by atoms with Crippen molar-refractivity contribution in [2.24, 2.45) is 27.1 Å². The van der Waals surface area contributed by atoms with Gasteiger partial charge >= 0.3 is 5.51 Å². The smallest absolute Gasteiger partial charge is 0.391 e. The minimum atomic E-state index is -6.19. The molecule has 574 valence electrons. The van der Waals surface area contributed by atoms with Crippen molar-refractivity contribution >= 4 is 83.9 Å². The highest BCUT2D eigenvalue weighted by atomic mass is 32.2. The van der Waals surface area contributed by atoms with Crippen LogP contribution in [-0.4, -0.2) is 190 Å². The molecule has 4 aliphatic heterocycles. The molecule has 5 N–H and O–H groups in total. The number of anilines is 2. The molecule has 5 atom stereocenters. The lowest BCUT2D eigenvalue weighted by molar-refractivity contribution is -0.250. The van der Waals surface area contributed by atoms with Gasteiger partial charge in [0.25, 0.3) is 25.8 Å². The Morgan fingerprint density at radius 3 is 2.12 bits per heavy atom. The van der Waals surface area contributed by atoms with Crippen LogP contribution in [0.3, 0.4) is 0 Å². The number of aliphatic hydroxyl groups is 1. The summed E-state index contributed by atoms with van der Waals surface area (Å²) < 4.78 is 128. The van der Waals surface area contributed by atoms with E-state index in [0.29, 0.717) is 90.4 Å². The molecule has 5 heterocycles. The Bertz CT molecular complexity index is 4320. The number of amides is 5. The number of sulfone groups is 1. The molecule has 8 aliphatic rings. The summed E-state index contributed by atoms with van der Waals surface area (Å²) in [7, 11) is -11.1. The van der Waals surface area contributed by atoms with Gasteiger partial charge in [0.05, 0.1) is 38.8 Å². The van der Waals surface area contributed by atoms with Crippen LogP contribution in [0.25, 0.3) is 10.4 Å². The van der Waals surface area contributed by atoms with Gasteiger partial charge in [0.15, 0.2) is 0 Å². The number of benzene rings is 4. The number of piperazine rings is 1. The molecule has 106 heavy (non-hydrogen) atoms. The Kier molecular flexibility index (Phi) is 22.8. The minimum Gasteiger partial charge on any atom is -0.391 e. The van der Waals surface area contributed by atoms with E-state index in [9.17, 15) is 67.9 Å². The molecular weight excluding hydrogens is 1450 g/mol. The summed E-state index contributed by atoms with van der Waals surface area (Å²) in [6, 6.07) is 22.6. The monoisotopic (exact) mass is 1540 g/mol. The van der Waals surface area contributed by atoms with Gasteiger partial charge in [-0.3, -0.25) is 28.9 Å². The van der Waals surface area contributed by atoms with Gasteiger partial charge in [0.1, 0.15) is 17.0 Å². The maximum atomic E-state index is 14.6. The lowest BCUT2D eigenvalue weighted by Crippen LogP contribution is -2.72. The fourth-order valence-corrected chi connectivity index (χ4v) is 20.6. The molecule has 4 aromatic carbocycles. The summed E-state index contributed by atoms with van der Waals surface area (Å²) in [6.45, 7) is 20.0. The molecule has 0 radical (unpaired) electrons. The Morgan fingerprint density at radius 2 is 1.49 bits per heavy atom. The van der Waals surface area contributed by atoms with Gasteiger partial charge in [-0.25, -0.2) is 35.3 Å². The van der Waals surface area contributed by atoms with Gasteiger partial charge in [0.2, 0.25) is 30.1 Å². The van der Waals surface area contributed by atoms with E-state index in [1.807, 2.05) is 93.9 Å². The van der Waals surface area contributed by atoms with Gasteiger partial charge in [-0.1, -0.05) is 88.2 Å². The summed E-state index contributed by atoms with van der Waals surface area (Å²) in [5.74, 6) is -2.17. The van der Waals surface area contributed by atoms with E-state index >= 15 is 0 Å². The summed E-state index contributed by atoms with van der Waals surface area (Å²) in [5, 5.41) is 19.7. The van der Waals surface area contributed by atoms with E-state index in [0.717, 1.165) is 83.3 Å². The molecule has 2 unspecified atom stereocenters. The van der Waals surface area contributed by atoms with Crippen LogP contribution in [0.15, 0.2) is 128 Å². The molecular formula is C77H97F5N10O10S4. The number of nitrogens with zero attached hydrogens (tertiary/aromatic N) is 6. The summed E-state index contributed by atoms with van der Waals surface area (Å²) in [6.07, 6.45) is 2.84. The number of unbranched alkanes of at least 4 members (excludes halogenated alkanes) is 1. The zero-order valence-electron chi connectivity index (χ0n) is 61.1. The van der Waals surface area contributed by atoms with E-state index < -0.39 is 106 Å². The van der Waals surface area contributed by atoms with Crippen molar-refractivity contribution in [1.82, 2.24) is 39.9 Å². The molecule has 7 fully saturated rings. The largest absolute Gasteiger partial charge is 0.501 e. The fourth-order valence-electron chi connectivity index (χ4n) is 16.8. The first-order valence-electron chi connectivity index (χ1n) is 36.6. The van der Waals surface area contributed by atoms with Crippen LogP contribution in [0.2, 0.25) is 0 Å². The van der Waals surface area contributed by atoms with Crippen molar-refractivity contribution < 1.29 is 67.9 Å². The van der Waals surface area contributed by atoms with Crippen LogP contribution in [-0.2, 0) is 39.0 Å². The molecule has 13 rings (SSSR count). The average molecular weight is 1550 g/mol. The molecule has 3 saturated carbocycles. The highest BCUT2D eigenvalue weighted by Gasteiger charge is 2.73. The van der Waals surface area contributed by atoms with Gasteiger partial charge in [-0.15, -0.1) is 23.1 Å². The molecule has 5 amide bonds. The number of allylic oxidation sites excluding steroid dienone is 1. The number of thiazole rings is 1. The van der Waals surface area contributed by atoms with Gasteiger partial charge in [0, 0.05) is 130 Å². The van der Waals surface area contributed by atoms with E-state index in [-0.39, 0.29) is 65.2 Å². The Morgan fingerprint density at radius 1 is 0.821 bits per heavy atom. The molecule has 4 aliphatic carbocycles. The maximum Gasteiger partial charge on any atom is 0.501 e. The van der Waals surface area contributed by atoms with Crippen LogP contribution in [0, 0.1) is 34.0 Å². The number of halogens is 5. The van der Waals surface area contributed by atoms with Crippen LogP contribution >= 0.6 is 23.1 Å². The third kappa shape index (κ3) is 17.2. The zero-order chi connectivity index (χ0) is 76.1. The number of thioether (sulfide) groups is 1. The first-order valence-corrected chi connectivity index (χ1v) is 41.4. The predicted octanol–water partition coefficient (Wildman–Crippen LogP) is 11.6. The van der Waals surface area contributed by atoms with Crippen LogP contribution in [0.4, 0.5) is 33.3 Å². The number of rotatable bonds is 28. The Balaban J connectivity index is 0.602. The van der Waals surface area contributed by atoms with Crippen LogP contribution < -0.4 is 25.6 Å². The number of aromatic nitrogens is 1. The van der Waals surface area contributed by atoms with Crippen molar-refractivity contribution in [3.05, 3.63) is 131 Å². The third-order valence-corrected chi connectivity index (χ3v) is 27.7. The van der Waals surface area contributed by atoms with Gasteiger partial charge in [-0.2, -0.15) is 13.2 Å². The molecule has 1 spiro atoms. The predicted molar refractivity (Wildman–Crippen MR) is 398 cm³/mol. The maximum absolute atomic E-state index is 14.6.